The summed E-state index contributed by atoms with van der Waals surface area (Å²) in [4.78, 5) is 12.4. The molecule has 2 atom stereocenters. The Balaban J connectivity index is 1.93. The second-order valence-electron chi connectivity index (χ2n) is 8.74. The van der Waals surface area contributed by atoms with Crippen LogP contribution in [0.1, 0.15) is 27.2 Å². The first kappa shape index (κ1) is 23.0. The largest absolute Gasteiger partial charge is 0.493 e. The maximum atomic E-state index is 5.83. The Morgan fingerprint density at radius 3 is 2.15 bits per heavy atom. The monoisotopic (exact) mass is 451 g/mol. The Hall–Kier alpha value is -3.22. The average molecular weight is 452 g/mol. The Morgan fingerprint density at radius 2 is 1.52 bits per heavy atom. The average Bonchev–Trinajstić information content (AvgIpc) is 2.82. The number of hydrogen-bond acceptors (Lipinski definition) is 7. The summed E-state index contributed by atoms with van der Waals surface area (Å²) >= 11 is 0. The number of rotatable bonds is 7. The highest BCUT2D eigenvalue weighted by Gasteiger charge is 2.26. The molecule has 0 amide bonds. The van der Waals surface area contributed by atoms with Crippen LogP contribution in [0.25, 0.3) is 22.3 Å². The summed E-state index contributed by atoms with van der Waals surface area (Å²) in [5.41, 5.74) is 1.68. The number of aromatic nitrogens is 2. The lowest BCUT2D eigenvalue weighted by Crippen LogP contribution is -2.39. The van der Waals surface area contributed by atoms with E-state index < -0.39 is 0 Å². The summed E-state index contributed by atoms with van der Waals surface area (Å²) in [6.07, 6.45) is 1.22. The minimum atomic E-state index is 0.545. The van der Waals surface area contributed by atoms with Gasteiger partial charge in [0, 0.05) is 30.1 Å². The number of methoxy groups -OCH3 is 3. The molecular formula is C26H33N3O4. The molecule has 4 rings (SSSR count). The van der Waals surface area contributed by atoms with Crippen molar-refractivity contribution in [3.05, 3.63) is 30.3 Å². The van der Waals surface area contributed by atoms with Crippen LogP contribution < -0.4 is 23.8 Å². The van der Waals surface area contributed by atoms with Crippen molar-refractivity contribution in [2.24, 2.45) is 11.8 Å². The Morgan fingerprint density at radius 1 is 0.848 bits per heavy atom. The van der Waals surface area contributed by atoms with Crippen molar-refractivity contribution in [1.82, 2.24) is 9.97 Å². The number of benzene rings is 2. The summed E-state index contributed by atoms with van der Waals surface area (Å²) in [5, 5.41) is 0.959. The zero-order valence-corrected chi connectivity index (χ0v) is 20.3. The van der Waals surface area contributed by atoms with E-state index in [-0.39, 0.29) is 0 Å². The Kier molecular flexibility index (Phi) is 6.77. The number of ether oxygens (including phenoxy) is 4. The molecule has 1 aliphatic rings. The maximum absolute atomic E-state index is 5.83. The van der Waals surface area contributed by atoms with Crippen molar-refractivity contribution in [2.75, 3.05) is 45.9 Å². The first-order valence-corrected chi connectivity index (χ1v) is 11.5. The van der Waals surface area contributed by atoms with E-state index in [9.17, 15) is 0 Å². The minimum absolute atomic E-state index is 0.545. The second-order valence-corrected chi connectivity index (χ2v) is 8.74. The van der Waals surface area contributed by atoms with Gasteiger partial charge in [-0.15, -0.1) is 0 Å². The van der Waals surface area contributed by atoms with Crippen LogP contribution >= 0.6 is 0 Å². The Labute approximate surface area is 195 Å². The van der Waals surface area contributed by atoms with Crippen molar-refractivity contribution in [3.63, 3.8) is 0 Å². The van der Waals surface area contributed by atoms with Crippen molar-refractivity contribution >= 4 is 16.7 Å². The standard InChI is InChI=1S/C26H33N3O4/c1-7-33-24-13-20-19(12-23(24)32-6)26(29-14-16(2)10-17(3)15-29)28-25(27-20)18-8-9-21(30-4)22(11-18)31-5/h8-9,11-13,16-17H,7,10,14-15H2,1-6H3. The number of nitrogens with zero attached hydrogens (tertiary/aromatic N) is 3. The molecule has 0 radical (unpaired) electrons. The number of piperidine rings is 1. The fourth-order valence-corrected chi connectivity index (χ4v) is 4.73. The van der Waals surface area contributed by atoms with Gasteiger partial charge in [-0.05, 0) is 49.4 Å². The topological polar surface area (TPSA) is 65.9 Å². The summed E-state index contributed by atoms with van der Waals surface area (Å²) in [6.45, 7) is 9.02. The highest BCUT2D eigenvalue weighted by Crippen LogP contribution is 2.39. The van der Waals surface area contributed by atoms with E-state index in [0.717, 1.165) is 35.4 Å². The molecule has 0 bridgehead atoms. The van der Waals surface area contributed by atoms with Gasteiger partial charge in [-0.25, -0.2) is 9.97 Å². The molecule has 0 N–H and O–H groups in total. The lowest BCUT2D eigenvalue weighted by Gasteiger charge is -2.36. The minimum Gasteiger partial charge on any atom is -0.493 e. The summed E-state index contributed by atoms with van der Waals surface area (Å²) < 4.78 is 22.4. The summed E-state index contributed by atoms with van der Waals surface area (Å²) in [6, 6.07) is 9.70. The van der Waals surface area contributed by atoms with Crippen LogP contribution in [0.15, 0.2) is 30.3 Å². The van der Waals surface area contributed by atoms with E-state index in [0.29, 0.717) is 47.3 Å². The molecule has 2 heterocycles. The molecule has 2 unspecified atom stereocenters. The quantitative estimate of drug-likeness (QED) is 0.489. The van der Waals surface area contributed by atoms with Gasteiger partial charge in [0.15, 0.2) is 28.8 Å². The smallest absolute Gasteiger partial charge is 0.163 e. The predicted octanol–water partition coefficient (Wildman–Crippen LogP) is 5.20. The predicted molar refractivity (Wildman–Crippen MR) is 131 cm³/mol. The normalized spacial score (nSPS) is 18.3. The van der Waals surface area contributed by atoms with Crippen LogP contribution in [-0.2, 0) is 0 Å². The van der Waals surface area contributed by atoms with Gasteiger partial charge in [0.05, 0.1) is 33.5 Å². The Bertz CT molecular complexity index is 1120. The highest BCUT2D eigenvalue weighted by atomic mass is 16.5. The van der Waals surface area contributed by atoms with Crippen molar-refractivity contribution in [3.8, 4) is 34.4 Å². The van der Waals surface area contributed by atoms with E-state index in [1.54, 1.807) is 21.3 Å². The maximum Gasteiger partial charge on any atom is 0.163 e. The van der Waals surface area contributed by atoms with Crippen molar-refractivity contribution in [1.29, 1.82) is 0 Å². The third-order valence-corrected chi connectivity index (χ3v) is 6.07. The molecule has 176 valence electrons. The molecule has 0 aliphatic carbocycles. The first-order valence-electron chi connectivity index (χ1n) is 11.5. The van der Waals surface area contributed by atoms with Gasteiger partial charge >= 0.3 is 0 Å². The number of hydrogen-bond donors (Lipinski definition) is 0. The van der Waals surface area contributed by atoms with E-state index in [1.165, 1.54) is 6.42 Å². The van der Waals surface area contributed by atoms with Crippen LogP contribution in [0.2, 0.25) is 0 Å². The van der Waals surface area contributed by atoms with Crippen LogP contribution in [0, 0.1) is 11.8 Å². The van der Waals surface area contributed by atoms with Gasteiger partial charge in [0.25, 0.3) is 0 Å². The van der Waals surface area contributed by atoms with Gasteiger partial charge in [-0.2, -0.15) is 0 Å². The zero-order valence-electron chi connectivity index (χ0n) is 20.3. The number of anilines is 1. The third-order valence-electron chi connectivity index (χ3n) is 6.07. The second kappa shape index (κ2) is 9.73. The molecule has 0 spiro atoms. The molecule has 7 nitrogen and oxygen atoms in total. The molecule has 1 saturated heterocycles. The van der Waals surface area contributed by atoms with E-state index in [1.807, 2.05) is 37.3 Å². The van der Waals surface area contributed by atoms with Crippen molar-refractivity contribution < 1.29 is 18.9 Å². The molecule has 0 saturated carbocycles. The molecule has 1 aliphatic heterocycles. The molecule has 1 aromatic heterocycles. The van der Waals surface area contributed by atoms with Gasteiger partial charge in [-0.3, -0.25) is 0 Å². The van der Waals surface area contributed by atoms with Gasteiger partial charge in [0.1, 0.15) is 5.82 Å². The molecule has 33 heavy (non-hydrogen) atoms. The fraction of sp³-hybridized carbons (Fsp3) is 0.462. The fourth-order valence-electron chi connectivity index (χ4n) is 4.73. The van der Waals surface area contributed by atoms with Gasteiger partial charge in [-0.1, -0.05) is 13.8 Å². The third kappa shape index (κ3) is 4.63. The molecular weight excluding hydrogens is 418 g/mol. The van der Waals surface area contributed by atoms with Crippen LogP contribution in [0.3, 0.4) is 0 Å². The molecule has 3 aromatic rings. The van der Waals surface area contributed by atoms with E-state index >= 15 is 0 Å². The zero-order chi connectivity index (χ0) is 23.5. The molecule has 7 heteroatoms. The van der Waals surface area contributed by atoms with Crippen LogP contribution in [0.4, 0.5) is 5.82 Å². The molecule has 1 fully saturated rings. The summed E-state index contributed by atoms with van der Waals surface area (Å²) in [5.74, 6) is 5.42. The van der Waals surface area contributed by atoms with Gasteiger partial charge in [0.2, 0.25) is 0 Å². The summed E-state index contributed by atoms with van der Waals surface area (Å²) in [7, 11) is 4.92. The highest BCUT2D eigenvalue weighted by molar-refractivity contribution is 5.93. The van der Waals surface area contributed by atoms with Gasteiger partial charge < -0.3 is 23.8 Å². The van der Waals surface area contributed by atoms with E-state index in [4.69, 9.17) is 28.9 Å². The SMILES string of the molecule is CCOc1cc2nc(-c3ccc(OC)c(OC)c3)nc(N3CC(C)CC(C)C3)c2cc1OC. The van der Waals surface area contributed by atoms with Crippen LogP contribution in [0.5, 0.6) is 23.0 Å². The first-order chi connectivity index (χ1) is 16.0. The van der Waals surface area contributed by atoms with Crippen molar-refractivity contribution in [2.45, 2.75) is 27.2 Å². The molecule has 2 aromatic carbocycles. The lowest BCUT2D eigenvalue weighted by molar-refractivity contribution is 0.311. The van der Waals surface area contributed by atoms with Crippen LogP contribution in [-0.4, -0.2) is 51.0 Å². The lowest BCUT2D eigenvalue weighted by atomic mass is 9.91. The number of fused-ring (bicyclic) bond motifs is 1. The van der Waals surface area contributed by atoms with E-state index in [2.05, 4.69) is 18.7 Å².